The van der Waals surface area contributed by atoms with Crippen molar-refractivity contribution in [2.24, 2.45) is 11.8 Å². The summed E-state index contributed by atoms with van der Waals surface area (Å²) in [4.78, 5) is 56.3. The van der Waals surface area contributed by atoms with Gasteiger partial charge >= 0.3 is 5.97 Å². The monoisotopic (exact) mass is 675 g/mol. The second kappa shape index (κ2) is 18.5. The van der Waals surface area contributed by atoms with Gasteiger partial charge in [0.25, 0.3) is 5.91 Å². The molecule has 1 aliphatic rings. The molecule has 0 saturated heterocycles. The number of aliphatic hydroxyl groups is 1. The van der Waals surface area contributed by atoms with Gasteiger partial charge in [0.15, 0.2) is 0 Å². The van der Waals surface area contributed by atoms with Crippen LogP contribution in [0.5, 0.6) is 0 Å². The minimum atomic E-state index is -1.21. The Balaban J connectivity index is 1.36. The molecule has 0 fully saturated rings. The van der Waals surface area contributed by atoms with Crippen LogP contribution in [0.3, 0.4) is 0 Å². The minimum Gasteiger partial charge on any atom is -0.463 e. The minimum absolute atomic E-state index is 0.120. The number of carbonyl (C=O) groups excluding carboxylic acids is 4. The molecule has 50 heavy (non-hydrogen) atoms. The maximum atomic E-state index is 13.9. The van der Waals surface area contributed by atoms with Crippen LogP contribution in [0, 0.1) is 11.8 Å². The number of nitrogens with one attached hydrogen (secondary N) is 2. The van der Waals surface area contributed by atoms with Crippen molar-refractivity contribution >= 4 is 40.2 Å². The highest BCUT2D eigenvalue weighted by Gasteiger charge is 2.31. The van der Waals surface area contributed by atoms with E-state index in [-0.39, 0.29) is 38.5 Å². The molecule has 5 rings (SSSR count). The predicted molar refractivity (Wildman–Crippen MR) is 194 cm³/mol. The van der Waals surface area contributed by atoms with Crippen molar-refractivity contribution in [3.05, 3.63) is 126 Å². The van der Waals surface area contributed by atoms with Crippen LogP contribution in [0.4, 0.5) is 5.69 Å². The fourth-order valence-electron chi connectivity index (χ4n) is 6.15. The summed E-state index contributed by atoms with van der Waals surface area (Å²) in [7, 11) is 0. The van der Waals surface area contributed by atoms with Crippen LogP contribution in [0.1, 0.15) is 43.2 Å². The lowest BCUT2D eigenvalue weighted by molar-refractivity contribution is -0.151. The number of anilines is 1. The molecule has 4 aromatic rings. The van der Waals surface area contributed by atoms with Gasteiger partial charge in [0.1, 0.15) is 12.6 Å². The van der Waals surface area contributed by atoms with Crippen LogP contribution in [-0.2, 0) is 36.9 Å². The number of nitrogens with zero attached hydrogens (tertiary/aromatic N) is 1. The number of hydrogen-bond donors (Lipinski definition) is 3. The largest absolute Gasteiger partial charge is 0.463 e. The molecular weight excluding hydrogens is 630 g/mol. The third kappa shape index (κ3) is 10.6. The third-order valence-electron chi connectivity index (χ3n) is 8.94. The molecule has 1 heterocycles. The Labute approximate surface area is 293 Å². The van der Waals surface area contributed by atoms with Crippen LogP contribution in [0.2, 0.25) is 0 Å². The van der Waals surface area contributed by atoms with E-state index in [1.165, 1.54) is 4.90 Å². The van der Waals surface area contributed by atoms with Gasteiger partial charge in [-0.05, 0) is 66.1 Å². The summed E-state index contributed by atoms with van der Waals surface area (Å²) in [5.41, 5.74) is 2.45. The molecule has 9 nitrogen and oxygen atoms in total. The van der Waals surface area contributed by atoms with Crippen LogP contribution >= 0.6 is 0 Å². The summed E-state index contributed by atoms with van der Waals surface area (Å²) >= 11 is 0. The van der Waals surface area contributed by atoms with E-state index in [0.717, 1.165) is 28.3 Å². The van der Waals surface area contributed by atoms with Crippen molar-refractivity contribution in [3.8, 4) is 0 Å². The predicted octanol–water partition coefficient (Wildman–Crippen LogP) is 5.82. The number of allylic oxidation sites excluding steroid dienone is 2. The summed E-state index contributed by atoms with van der Waals surface area (Å²) in [6.07, 6.45) is 6.54. The first-order valence-corrected chi connectivity index (χ1v) is 17.3. The molecule has 0 aromatic heterocycles. The van der Waals surface area contributed by atoms with Gasteiger partial charge in [-0.1, -0.05) is 103 Å². The fraction of sp³-hybridized carbons (Fsp3) is 0.317. The molecule has 3 amide bonds. The smallest absolute Gasteiger partial charge is 0.309 e. The Kier molecular flexibility index (Phi) is 13.3. The van der Waals surface area contributed by atoms with E-state index in [1.54, 1.807) is 6.07 Å². The molecular formula is C41H45N3O6. The quantitative estimate of drug-likeness (QED) is 0.144. The highest BCUT2D eigenvalue weighted by molar-refractivity contribution is 5.99. The van der Waals surface area contributed by atoms with Crippen molar-refractivity contribution in [1.82, 2.24) is 10.2 Å². The van der Waals surface area contributed by atoms with Gasteiger partial charge in [-0.15, -0.1) is 0 Å². The second-order valence-electron chi connectivity index (χ2n) is 12.7. The van der Waals surface area contributed by atoms with Crippen LogP contribution < -0.4 is 10.6 Å². The maximum Gasteiger partial charge on any atom is 0.309 e. The second-order valence-corrected chi connectivity index (χ2v) is 12.7. The molecule has 3 atom stereocenters. The number of amides is 3. The molecule has 0 radical (unpaired) electrons. The summed E-state index contributed by atoms with van der Waals surface area (Å²) in [6, 6.07) is 31.3. The lowest BCUT2D eigenvalue weighted by atomic mass is 9.93. The Morgan fingerprint density at radius 2 is 1.54 bits per heavy atom. The van der Waals surface area contributed by atoms with Crippen molar-refractivity contribution < 1.29 is 29.0 Å². The Hall–Kier alpha value is -5.28. The zero-order valence-electron chi connectivity index (χ0n) is 28.2. The molecule has 0 bridgehead atoms. The van der Waals surface area contributed by atoms with E-state index in [9.17, 15) is 24.3 Å². The van der Waals surface area contributed by atoms with E-state index >= 15 is 0 Å². The lowest BCUT2D eigenvalue weighted by Gasteiger charge is -2.26. The van der Waals surface area contributed by atoms with Crippen LogP contribution in [-0.4, -0.2) is 59.5 Å². The van der Waals surface area contributed by atoms with Crippen LogP contribution in [0.25, 0.3) is 10.8 Å². The summed E-state index contributed by atoms with van der Waals surface area (Å²) in [6.45, 7) is -0.171. The number of cyclic esters (lactones) is 1. The van der Waals surface area contributed by atoms with Crippen molar-refractivity contribution in [1.29, 1.82) is 0 Å². The molecule has 0 spiro atoms. The maximum absolute atomic E-state index is 13.9. The number of hydrogen-bond acceptors (Lipinski definition) is 6. The van der Waals surface area contributed by atoms with E-state index in [4.69, 9.17) is 4.74 Å². The molecule has 4 aromatic carbocycles. The number of benzene rings is 4. The first-order chi connectivity index (χ1) is 24.4. The van der Waals surface area contributed by atoms with Crippen molar-refractivity contribution in [2.75, 3.05) is 25.1 Å². The summed E-state index contributed by atoms with van der Waals surface area (Å²) < 4.78 is 5.78. The molecule has 3 N–H and O–H groups in total. The third-order valence-corrected chi connectivity index (χ3v) is 8.94. The SMILES string of the molecule is O=C1NC(C(=O)Nc2ccc3ccccc3c2)COC(=O)C(Cc2ccccc2)CCCC=CCC1CC(=O)N(CCO)Cc1ccccc1. The number of ether oxygens (including phenoxy) is 1. The van der Waals surface area contributed by atoms with Gasteiger partial charge in [-0.2, -0.15) is 0 Å². The highest BCUT2D eigenvalue weighted by Crippen LogP contribution is 2.22. The standard InChI is InChI=1S/C41H45N3O6/c45-24-23-44(28-31-15-7-4-8-16-31)38(46)27-34-19-9-1-2-10-20-35(25-30-13-5-3-6-14-30)41(49)50-29-37(43-39(34)47)40(48)42-36-22-21-32-17-11-12-18-33(32)26-36/h1,3-9,11-18,21-22,26,34-35,37,45H,2,10,19-20,23-25,27-29H2,(H,42,48)(H,43,47). The van der Waals surface area contributed by atoms with E-state index < -0.39 is 35.7 Å². The van der Waals surface area contributed by atoms with Gasteiger partial charge in [0.2, 0.25) is 11.8 Å². The van der Waals surface area contributed by atoms with Gasteiger partial charge in [-0.3, -0.25) is 19.2 Å². The van der Waals surface area contributed by atoms with E-state index in [0.29, 0.717) is 31.5 Å². The first-order valence-electron chi connectivity index (χ1n) is 17.3. The average Bonchev–Trinajstić information content (AvgIpc) is 3.13. The Morgan fingerprint density at radius 3 is 2.28 bits per heavy atom. The number of esters is 1. The highest BCUT2D eigenvalue weighted by atomic mass is 16.5. The van der Waals surface area contributed by atoms with E-state index in [2.05, 4.69) is 10.6 Å². The molecule has 260 valence electrons. The fourth-order valence-corrected chi connectivity index (χ4v) is 6.15. The zero-order chi connectivity index (χ0) is 35.1. The Morgan fingerprint density at radius 1 is 0.840 bits per heavy atom. The number of fused-ring (bicyclic) bond motifs is 1. The lowest BCUT2D eigenvalue weighted by Crippen LogP contribution is -2.50. The van der Waals surface area contributed by atoms with Gasteiger partial charge in [-0.25, -0.2) is 0 Å². The molecule has 0 aliphatic carbocycles. The zero-order valence-corrected chi connectivity index (χ0v) is 28.2. The summed E-state index contributed by atoms with van der Waals surface area (Å²) in [5.74, 6) is -2.97. The number of carbonyl (C=O) groups is 4. The van der Waals surface area contributed by atoms with Gasteiger partial charge in [0, 0.05) is 25.2 Å². The average molecular weight is 676 g/mol. The molecule has 0 saturated carbocycles. The van der Waals surface area contributed by atoms with Crippen molar-refractivity contribution in [3.63, 3.8) is 0 Å². The van der Waals surface area contributed by atoms with E-state index in [1.807, 2.05) is 109 Å². The normalized spacial score (nSPS) is 18.8. The topological polar surface area (TPSA) is 125 Å². The van der Waals surface area contributed by atoms with Gasteiger partial charge < -0.3 is 25.4 Å². The first kappa shape index (κ1) is 36.0. The number of aliphatic hydroxyl groups excluding tert-OH is 1. The Bertz CT molecular complexity index is 1760. The van der Waals surface area contributed by atoms with Crippen molar-refractivity contribution in [2.45, 2.75) is 51.1 Å². The summed E-state index contributed by atoms with van der Waals surface area (Å²) in [5, 5.41) is 17.3. The molecule has 1 aliphatic heterocycles. The number of rotatable bonds is 10. The van der Waals surface area contributed by atoms with Gasteiger partial charge in [0.05, 0.1) is 18.4 Å². The van der Waals surface area contributed by atoms with Crippen LogP contribution in [0.15, 0.2) is 115 Å². The molecule has 3 unspecified atom stereocenters. The molecule has 9 heteroatoms.